The van der Waals surface area contributed by atoms with E-state index in [2.05, 4.69) is 0 Å². The van der Waals surface area contributed by atoms with Crippen LogP contribution in [0.15, 0.2) is 24.3 Å². The number of methoxy groups -OCH3 is 2. The van der Waals surface area contributed by atoms with Crippen molar-refractivity contribution < 1.29 is 9.47 Å². The zero-order valence-electron chi connectivity index (χ0n) is 8.69. The molecule has 0 bridgehead atoms. The SMILES string of the molecule is COC(OC)c1ccc(CCN)cc1. The lowest BCUT2D eigenvalue weighted by Gasteiger charge is -2.13. The Morgan fingerprint density at radius 3 is 2.14 bits per heavy atom. The molecule has 78 valence electrons. The van der Waals surface area contributed by atoms with E-state index in [0.717, 1.165) is 12.0 Å². The minimum absolute atomic E-state index is 0.276. The van der Waals surface area contributed by atoms with Gasteiger partial charge in [-0.1, -0.05) is 24.3 Å². The minimum Gasteiger partial charge on any atom is -0.352 e. The molecule has 0 aliphatic carbocycles. The van der Waals surface area contributed by atoms with Crippen LogP contribution in [0.3, 0.4) is 0 Å². The van der Waals surface area contributed by atoms with Gasteiger partial charge in [-0.15, -0.1) is 0 Å². The van der Waals surface area contributed by atoms with Gasteiger partial charge in [0.2, 0.25) is 0 Å². The molecule has 0 heterocycles. The predicted molar refractivity (Wildman–Crippen MR) is 56.0 cm³/mol. The number of hydrogen-bond donors (Lipinski definition) is 1. The van der Waals surface area contributed by atoms with E-state index in [9.17, 15) is 0 Å². The standard InChI is InChI=1S/C11H17NO2/c1-13-11(14-2)10-5-3-9(4-6-10)7-8-12/h3-6,11H,7-8,12H2,1-2H3. The van der Waals surface area contributed by atoms with Gasteiger partial charge in [-0.25, -0.2) is 0 Å². The summed E-state index contributed by atoms with van der Waals surface area (Å²) in [7, 11) is 3.25. The van der Waals surface area contributed by atoms with E-state index in [0.29, 0.717) is 6.54 Å². The van der Waals surface area contributed by atoms with Gasteiger partial charge in [0.25, 0.3) is 0 Å². The monoisotopic (exact) mass is 195 g/mol. The van der Waals surface area contributed by atoms with Crippen LogP contribution in [-0.4, -0.2) is 20.8 Å². The van der Waals surface area contributed by atoms with Crippen LogP contribution in [0.4, 0.5) is 0 Å². The van der Waals surface area contributed by atoms with Crippen LogP contribution in [0.5, 0.6) is 0 Å². The zero-order chi connectivity index (χ0) is 10.4. The Labute approximate surface area is 84.8 Å². The van der Waals surface area contributed by atoms with Crippen LogP contribution < -0.4 is 5.73 Å². The second-order valence-corrected chi connectivity index (χ2v) is 3.08. The third-order valence-corrected chi connectivity index (χ3v) is 2.11. The molecule has 0 aliphatic heterocycles. The lowest BCUT2D eigenvalue weighted by Crippen LogP contribution is -2.05. The molecule has 0 fully saturated rings. The molecular weight excluding hydrogens is 178 g/mol. The molecule has 0 saturated carbocycles. The summed E-state index contributed by atoms with van der Waals surface area (Å²) in [6.07, 6.45) is 0.632. The van der Waals surface area contributed by atoms with Crippen LogP contribution in [0.2, 0.25) is 0 Å². The molecule has 1 aromatic carbocycles. The number of ether oxygens (including phenoxy) is 2. The van der Waals surface area contributed by atoms with Gasteiger partial charge in [0, 0.05) is 19.8 Å². The fourth-order valence-corrected chi connectivity index (χ4v) is 1.38. The summed E-state index contributed by atoms with van der Waals surface area (Å²) in [4.78, 5) is 0. The van der Waals surface area contributed by atoms with E-state index >= 15 is 0 Å². The zero-order valence-corrected chi connectivity index (χ0v) is 8.69. The molecule has 0 aliphatic rings. The Balaban J connectivity index is 2.71. The Bertz CT molecular complexity index is 254. The van der Waals surface area contributed by atoms with Gasteiger partial charge in [0.15, 0.2) is 6.29 Å². The molecule has 0 amide bonds. The number of nitrogens with two attached hydrogens (primary N) is 1. The first-order chi connectivity index (χ1) is 6.81. The molecule has 3 heteroatoms. The fraction of sp³-hybridized carbons (Fsp3) is 0.455. The number of hydrogen-bond acceptors (Lipinski definition) is 3. The summed E-state index contributed by atoms with van der Waals surface area (Å²) in [6.45, 7) is 0.678. The second kappa shape index (κ2) is 5.75. The summed E-state index contributed by atoms with van der Waals surface area (Å²) in [5.74, 6) is 0. The summed E-state index contributed by atoms with van der Waals surface area (Å²) in [6, 6.07) is 8.10. The van der Waals surface area contributed by atoms with Gasteiger partial charge in [-0.3, -0.25) is 0 Å². The molecule has 0 saturated heterocycles. The first kappa shape index (κ1) is 11.2. The topological polar surface area (TPSA) is 44.5 Å². The average Bonchev–Trinajstić information content (AvgIpc) is 2.23. The maximum atomic E-state index is 5.46. The Morgan fingerprint density at radius 1 is 1.14 bits per heavy atom. The van der Waals surface area contributed by atoms with Crippen molar-refractivity contribution in [1.82, 2.24) is 0 Å². The largest absolute Gasteiger partial charge is 0.352 e. The highest BCUT2D eigenvalue weighted by molar-refractivity contribution is 5.23. The van der Waals surface area contributed by atoms with Gasteiger partial charge in [-0.2, -0.15) is 0 Å². The van der Waals surface area contributed by atoms with Crippen LogP contribution >= 0.6 is 0 Å². The summed E-state index contributed by atoms with van der Waals surface area (Å²) >= 11 is 0. The van der Waals surface area contributed by atoms with E-state index < -0.39 is 0 Å². The van der Waals surface area contributed by atoms with Crippen LogP contribution in [0.25, 0.3) is 0 Å². The average molecular weight is 195 g/mol. The predicted octanol–water partition coefficient (Wildman–Crippen LogP) is 1.48. The molecule has 0 aromatic heterocycles. The van der Waals surface area contributed by atoms with Gasteiger partial charge < -0.3 is 15.2 Å². The maximum absolute atomic E-state index is 5.46. The second-order valence-electron chi connectivity index (χ2n) is 3.08. The van der Waals surface area contributed by atoms with Crippen LogP contribution in [-0.2, 0) is 15.9 Å². The molecule has 2 N–H and O–H groups in total. The molecule has 3 nitrogen and oxygen atoms in total. The molecule has 0 unspecified atom stereocenters. The van der Waals surface area contributed by atoms with Crippen LogP contribution in [0, 0.1) is 0 Å². The molecule has 1 aromatic rings. The Kier molecular flexibility index (Phi) is 4.59. The molecule has 0 atom stereocenters. The first-order valence-electron chi connectivity index (χ1n) is 4.66. The normalized spacial score (nSPS) is 10.9. The summed E-state index contributed by atoms with van der Waals surface area (Å²) < 4.78 is 10.3. The summed E-state index contributed by atoms with van der Waals surface area (Å²) in [5, 5.41) is 0. The molecule has 1 rings (SSSR count). The lowest BCUT2D eigenvalue weighted by atomic mass is 10.1. The minimum atomic E-state index is -0.276. The van der Waals surface area contributed by atoms with Crippen molar-refractivity contribution in [1.29, 1.82) is 0 Å². The highest BCUT2D eigenvalue weighted by Crippen LogP contribution is 2.17. The first-order valence-corrected chi connectivity index (χ1v) is 4.66. The van der Waals surface area contributed by atoms with E-state index in [1.165, 1.54) is 5.56 Å². The van der Waals surface area contributed by atoms with Gasteiger partial charge in [0.1, 0.15) is 0 Å². The highest BCUT2D eigenvalue weighted by atomic mass is 16.7. The Morgan fingerprint density at radius 2 is 1.71 bits per heavy atom. The fourth-order valence-electron chi connectivity index (χ4n) is 1.38. The van der Waals surface area contributed by atoms with E-state index in [-0.39, 0.29) is 6.29 Å². The third-order valence-electron chi connectivity index (χ3n) is 2.11. The van der Waals surface area contributed by atoms with Crippen molar-refractivity contribution in [3.8, 4) is 0 Å². The molecular formula is C11H17NO2. The van der Waals surface area contributed by atoms with Crippen molar-refractivity contribution in [3.63, 3.8) is 0 Å². The van der Waals surface area contributed by atoms with Crippen molar-refractivity contribution in [2.24, 2.45) is 5.73 Å². The Hall–Kier alpha value is -0.900. The van der Waals surface area contributed by atoms with Crippen molar-refractivity contribution in [2.45, 2.75) is 12.7 Å². The van der Waals surface area contributed by atoms with E-state index in [1.54, 1.807) is 14.2 Å². The molecule has 0 spiro atoms. The highest BCUT2D eigenvalue weighted by Gasteiger charge is 2.07. The van der Waals surface area contributed by atoms with E-state index in [4.69, 9.17) is 15.2 Å². The molecule has 14 heavy (non-hydrogen) atoms. The quantitative estimate of drug-likeness (QED) is 0.724. The van der Waals surface area contributed by atoms with Gasteiger partial charge in [0.05, 0.1) is 0 Å². The maximum Gasteiger partial charge on any atom is 0.183 e. The number of rotatable bonds is 5. The van der Waals surface area contributed by atoms with Gasteiger partial charge >= 0.3 is 0 Å². The number of benzene rings is 1. The van der Waals surface area contributed by atoms with Crippen molar-refractivity contribution >= 4 is 0 Å². The smallest absolute Gasteiger partial charge is 0.183 e. The summed E-state index contributed by atoms with van der Waals surface area (Å²) in [5.41, 5.74) is 7.72. The van der Waals surface area contributed by atoms with Gasteiger partial charge in [-0.05, 0) is 18.5 Å². The third kappa shape index (κ3) is 2.80. The van der Waals surface area contributed by atoms with Crippen molar-refractivity contribution in [2.75, 3.05) is 20.8 Å². The van der Waals surface area contributed by atoms with E-state index in [1.807, 2.05) is 24.3 Å². The van der Waals surface area contributed by atoms with Crippen LogP contribution in [0.1, 0.15) is 17.4 Å². The van der Waals surface area contributed by atoms with Crippen molar-refractivity contribution in [3.05, 3.63) is 35.4 Å². The molecule has 0 radical (unpaired) electrons. The lowest BCUT2D eigenvalue weighted by molar-refractivity contribution is -0.106.